The molecule has 1 rings (SSSR count). The normalized spacial score (nSPS) is 21.4. The Labute approximate surface area is 180 Å². The van der Waals surface area contributed by atoms with Crippen molar-refractivity contribution < 1.29 is 20.9 Å². The summed E-state index contributed by atoms with van der Waals surface area (Å²) in [7, 11) is -1.96. The Morgan fingerprint density at radius 2 is 1.52 bits per heavy atom. The Morgan fingerprint density at radius 3 is 1.78 bits per heavy atom. The van der Waals surface area contributed by atoms with Crippen LogP contribution >= 0.6 is 24.8 Å². The molecule has 27 heavy (non-hydrogen) atoms. The predicted molar refractivity (Wildman–Crippen MR) is 127 cm³/mol. The van der Waals surface area contributed by atoms with Gasteiger partial charge in [0.1, 0.15) is 0 Å². The molecule has 0 fully saturated rings. The van der Waals surface area contributed by atoms with Crippen LogP contribution in [-0.2, 0) is 20.9 Å². The third-order valence-corrected chi connectivity index (χ3v) is 20.5. The second-order valence-electron chi connectivity index (χ2n) is 10.6. The number of rotatable bonds is 6. The molecule has 0 saturated heterocycles. The summed E-state index contributed by atoms with van der Waals surface area (Å²) in [6.07, 6.45) is 0. The molecule has 3 nitrogen and oxygen atoms in total. The van der Waals surface area contributed by atoms with Crippen molar-refractivity contribution in [1.82, 2.24) is 3.80 Å². The second-order valence-corrected chi connectivity index (χ2v) is 25.6. The van der Waals surface area contributed by atoms with Crippen LogP contribution in [0.1, 0.15) is 55.4 Å². The van der Waals surface area contributed by atoms with Crippen molar-refractivity contribution in [3.63, 3.8) is 0 Å². The Balaban J connectivity index is 0. The first-order valence-electron chi connectivity index (χ1n) is 9.62. The summed E-state index contributed by atoms with van der Waals surface area (Å²) in [5.41, 5.74) is 3.89. The summed E-state index contributed by atoms with van der Waals surface area (Å²) >= 11 is -4.98. The van der Waals surface area contributed by atoms with E-state index < -0.39 is 22.9 Å². The number of hydrogen-bond acceptors (Lipinski definition) is 3. The van der Waals surface area contributed by atoms with E-state index >= 15 is 0 Å². The zero-order valence-corrected chi connectivity index (χ0v) is 23.8. The molecule has 0 bridgehead atoms. The van der Waals surface area contributed by atoms with Gasteiger partial charge in [-0.3, -0.25) is 0 Å². The molecule has 163 valence electrons. The van der Waals surface area contributed by atoms with E-state index in [1.165, 1.54) is 20.6 Å². The zero-order chi connectivity index (χ0) is 20.1. The van der Waals surface area contributed by atoms with Crippen molar-refractivity contribution >= 4 is 37.9 Å². The van der Waals surface area contributed by atoms with Gasteiger partial charge in [-0.1, -0.05) is 0 Å². The average Bonchev–Trinajstić information content (AvgIpc) is 2.48. The van der Waals surface area contributed by atoms with E-state index in [9.17, 15) is 0 Å². The molecule has 0 spiro atoms. The molecule has 7 heteroatoms. The monoisotopic (exact) mass is 476 g/mol. The first-order chi connectivity index (χ1) is 10.8. The van der Waals surface area contributed by atoms with E-state index in [-0.39, 0.29) is 36.3 Å². The van der Waals surface area contributed by atoms with Gasteiger partial charge in [-0.15, -0.1) is 24.8 Å². The van der Waals surface area contributed by atoms with Crippen molar-refractivity contribution in [1.29, 1.82) is 0 Å². The van der Waals surface area contributed by atoms with Crippen LogP contribution in [0.3, 0.4) is 0 Å². The van der Waals surface area contributed by atoms with E-state index in [1.54, 1.807) is 0 Å². The average molecular weight is 477 g/mol. The van der Waals surface area contributed by atoms with Crippen LogP contribution in [0.2, 0.25) is 24.9 Å². The number of allylic oxidation sites excluding steroid dienone is 4. The summed E-state index contributed by atoms with van der Waals surface area (Å²) in [6.45, 7) is 24.8. The number of halogens is 2. The molecule has 0 aromatic carbocycles. The third kappa shape index (κ3) is 5.88. The Kier molecular flexibility index (Phi) is 8.99. The zero-order valence-electron chi connectivity index (χ0n) is 19.6. The molecule has 1 aliphatic carbocycles. The summed E-state index contributed by atoms with van der Waals surface area (Å²) in [4.78, 5) is 4.93. The van der Waals surface area contributed by atoms with Gasteiger partial charge in [-0.25, -0.2) is 0 Å². The first-order valence-corrected chi connectivity index (χ1v) is 18.5. The summed E-state index contributed by atoms with van der Waals surface area (Å²) < 4.78 is 19.1. The fourth-order valence-corrected chi connectivity index (χ4v) is 27.5. The standard InChI is InChI=1S/C9H13.C4H10N.C3H9OSi.C2H5O.CH3.CH2.2ClH.Ti/c1-6-5-7(2)9(4)8(6)3;1-4(2,3)5;1-5(2,3)4;1-2-3;;;;;/h6H,1-4H3;5H,1-3H3;1-3H3;2H2,1H3;1H3;1H2;2*1H;/q;3*-1;;;;;+3. The second kappa shape index (κ2) is 8.11. The van der Waals surface area contributed by atoms with E-state index in [0.29, 0.717) is 6.61 Å². The summed E-state index contributed by atoms with van der Waals surface area (Å²) in [5, 5.41) is 2.20. The van der Waals surface area contributed by atoms with Crippen molar-refractivity contribution in [2.24, 2.45) is 5.92 Å². The molecule has 1 atom stereocenters. The summed E-state index contributed by atoms with van der Waals surface area (Å²) in [6, 6.07) is 0. The molecule has 0 saturated carbocycles. The van der Waals surface area contributed by atoms with Gasteiger partial charge in [0.2, 0.25) is 0 Å². The fraction of sp³-hybridized carbons (Fsp3) is 0.750. The number of hydrogen-bond donors (Lipinski definition) is 1. The molecular formula is C20H44Cl2NO2SiTi. The number of nitrogens with one attached hydrogen (secondary N) is 1. The van der Waals surface area contributed by atoms with Gasteiger partial charge in [0.05, 0.1) is 0 Å². The van der Waals surface area contributed by atoms with Gasteiger partial charge in [0.25, 0.3) is 0 Å². The minimum atomic E-state index is -4.98. The Morgan fingerprint density at radius 1 is 1.07 bits per heavy atom. The van der Waals surface area contributed by atoms with Gasteiger partial charge < -0.3 is 0 Å². The molecule has 0 aromatic heterocycles. The van der Waals surface area contributed by atoms with Crippen molar-refractivity contribution in [3.05, 3.63) is 20.6 Å². The van der Waals surface area contributed by atoms with Gasteiger partial charge in [0, 0.05) is 0 Å². The van der Waals surface area contributed by atoms with Gasteiger partial charge in [0.15, 0.2) is 0 Å². The van der Waals surface area contributed by atoms with Crippen LogP contribution in [0.4, 0.5) is 0 Å². The molecule has 1 N–H and O–H groups in total. The quantitative estimate of drug-likeness (QED) is 0.426. The molecule has 1 aliphatic rings. The maximum atomic E-state index is 7.14. The van der Waals surface area contributed by atoms with Crippen LogP contribution in [0, 0.1) is 5.92 Å². The summed E-state index contributed by atoms with van der Waals surface area (Å²) in [5.74, 6) is 0.283. The SMILES string of the molecule is Cl.Cl.[CH2]=[Ti]([CH3])([NH]C(C)(C)C)([O]CC)([O][Si](C)(C)C)[C]1=C(C)C(C)=C(C)C1C. The van der Waals surface area contributed by atoms with Gasteiger partial charge in [-0.2, -0.15) is 0 Å². The maximum absolute atomic E-state index is 7.14. The molecular weight excluding hydrogens is 433 g/mol. The first kappa shape index (κ1) is 29.9. The molecule has 0 heterocycles. The van der Waals surface area contributed by atoms with Crippen molar-refractivity contribution in [2.45, 2.75) is 85.8 Å². The predicted octanol–water partition coefficient (Wildman–Crippen LogP) is 6.82. The molecule has 0 amide bonds. The van der Waals surface area contributed by atoms with Gasteiger partial charge >= 0.3 is 157 Å². The molecule has 1 unspecified atom stereocenters. The van der Waals surface area contributed by atoms with Crippen LogP contribution in [0.15, 0.2) is 20.6 Å². The third-order valence-electron chi connectivity index (χ3n) is 5.43. The van der Waals surface area contributed by atoms with Crippen molar-refractivity contribution in [2.75, 3.05) is 6.61 Å². The van der Waals surface area contributed by atoms with E-state index in [1.807, 2.05) is 0 Å². The van der Waals surface area contributed by atoms with E-state index in [2.05, 4.69) is 84.1 Å². The van der Waals surface area contributed by atoms with E-state index in [4.69, 9.17) is 11.1 Å². The molecule has 0 radical (unpaired) electrons. The molecule has 0 aliphatic heterocycles. The van der Waals surface area contributed by atoms with Crippen LogP contribution in [-0.4, -0.2) is 25.3 Å². The minimum absolute atomic E-state index is 0. The molecule has 0 aromatic rings. The topological polar surface area (TPSA) is 30.5 Å². The van der Waals surface area contributed by atoms with Crippen LogP contribution in [0.25, 0.3) is 0 Å². The van der Waals surface area contributed by atoms with Crippen LogP contribution in [0.5, 0.6) is 0 Å². The Bertz CT molecular complexity index is 707. The van der Waals surface area contributed by atoms with Crippen LogP contribution < -0.4 is 3.80 Å². The van der Waals surface area contributed by atoms with Gasteiger partial charge in [-0.05, 0) is 0 Å². The van der Waals surface area contributed by atoms with E-state index in [0.717, 1.165) is 0 Å². The van der Waals surface area contributed by atoms with Crippen molar-refractivity contribution in [3.8, 4) is 0 Å². The fourth-order valence-electron chi connectivity index (χ4n) is 5.41. The Hall–Kier alpha value is 0.741.